The minimum Gasteiger partial charge on any atom is -0.460 e. The van der Waals surface area contributed by atoms with Crippen LogP contribution in [0.15, 0.2) is 42.1 Å². The number of nitrogens with one attached hydrogen (secondary N) is 1. The molecule has 36 heavy (non-hydrogen) atoms. The molecule has 1 fully saturated rings. The summed E-state index contributed by atoms with van der Waals surface area (Å²) >= 11 is 0. The van der Waals surface area contributed by atoms with Gasteiger partial charge in [-0.05, 0) is 51.3 Å². The van der Waals surface area contributed by atoms with E-state index in [9.17, 15) is 14.7 Å². The van der Waals surface area contributed by atoms with Gasteiger partial charge in [-0.2, -0.15) is 0 Å². The number of hydrogen-bond donors (Lipinski definition) is 2. The molecule has 8 nitrogen and oxygen atoms in total. The number of aromatic nitrogens is 1. The van der Waals surface area contributed by atoms with Crippen molar-refractivity contribution in [1.82, 2.24) is 4.98 Å². The smallest absolute Gasteiger partial charge is 0.355 e. The highest BCUT2D eigenvalue weighted by molar-refractivity contribution is 5.87. The fraction of sp³-hybridized carbons (Fsp3) is 0.643. The topological polar surface area (TPSA) is 107 Å². The largest absolute Gasteiger partial charge is 0.460 e. The Morgan fingerprint density at radius 3 is 2.67 bits per heavy atom. The first-order valence-electron chi connectivity index (χ1n) is 12.9. The van der Waals surface area contributed by atoms with Gasteiger partial charge in [-0.1, -0.05) is 32.1 Å². The fourth-order valence-corrected chi connectivity index (χ4v) is 5.77. The van der Waals surface area contributed by atoms with Crippen molar-refractivity contribution in [1.29, 1.82) is 0 Å². The predicted molar refractivity (Wildman–Crippen MR) is 133 cm³/mol. The molecule has 1 saturated heterocycles. The monoisotopic (exact) mass is 501 g/mol. The maximum absolute atomic E-state index is 12.9. The molecule has 1 aromatic rings. The first-order chi connectivity index (χ1) is 17.1. The van der Waals surface area contributed by atoms with E-state index in [2.05, 4.69) is 30.1 Å². The molecule has 3 aliphatic rings. The van der Waals surface area contributed by atoms with Crippen LogP contribution in [0.2, 0.25) is 0 Å². The fourth-order valence-electron chi connectivity index (χ4n) is 5.77. The van der Waals surface area contributed by atoms with Crippen LogP contribution in [0.25, 0.3) is 0 Å². The van der Waals surface area contributed by atoms with Crippen molar-refractivity contribution in [2.45, 2.75) is 83.6 Å². The average molecular weight is 502 g/mol. The first-order valence-corrected chi connectivity index (χ1v) is 12.9. The number of methoxy groups -OCH3 is 1. The van der Waals surface area contributed by atoms with Crippen LogP contribution in [0.3, 0.4) is 0 Å². The zero-order valence-corrected chi connectivity index (χ0v) is 22.0. The van der Waals surface area contributed by atoms with Crippen molar-refractivity contribution in [3.8, 4) is 0 Å². The van der Waals surface area contributed by atoms with Crippen molar-refractivity contribution < 1.29 is 33.6 Å². The number of aromatic amines is 1. The third kappa shape index (κ3) is 4.91. The first kappa shape index (κ1) is 26.6. The van der Waals surface area contributed by atoms with E-state index in [0.717, 1.165) is 5.57 Å². The van der Waals surface area contributed by atoms with Crippen molar-refractivity contribution in [3.05, 3.63) is 47.8 Å². The number of aliphatic hydroxyl groups excluding tert-OH is 1. The van der Waals surface area contributed by atoms with E-state index in [1.165, 1.54) is 7.11 Å². The highest BCUT2D eigenvalue weighted by Gasteiger charge is 2.57. The van der Waals surface area contributed by atoms with Gasteiger partial charge in [0.05, 0.1) is 11.7 Å². The van der Waals surface area contributed by atoms with Gasteiger partial charge >= 0.3 is 11.9 Å². The molecule has 8 heteroatoms. The minimum atomic E-state index is -0.714. The predicted octanol–water partition coefficient (Wildman–Crippen LogP) is 3.82. The zero-order valence-electron chi connectivity index (χ0n) is 22.0. The van der Waals surface area contributed by atoms with E-state index < -0.39 is 36.0 Å². The lowest BCUT2D eigenvalue weighted by Crippen LogP contribution is -2.46. The molecule has 2 N–H and O–H groups in total. The lowest BCUT2D eigenvalue weighted by molar-refractivity contribution is -0.165. The van der Waals surface area contributed by atoms with E-state index in [0.29, 0.717) is 18.5 Å². The Morgan fingerprint density at radius 1 is 1.28 bits per heavy atom. The van der Waals surface area contributed by atoms with E-state index in [-0.39, 0.29) is 35.7 Å². The molecule has 0 unspecified atom stereocenters. The summed E-state index contributed by atoms with van der Waals surface area (Å²) in [7, 11) is 1.52. The summed E-state index contributed by atoms with van der Waals surface area (Å²) in [5, 5.41) is 10.5. The van der Waals surface area contributed by atoms with Gasteiger partial charge < -0.3 is 29.0 Å². The third-order valence-electron chi connectivity index (χ3n) is 8.40. The van der Waals surface area contributed by atoms with E-state index in [4.69, 9.17) is 18.9 Å². The van der Waals surface area contributed by atoms with Crippen molar-refractivity contribution >= 4 is 11.9 Å². The van der Waals surface area contributed by atoms with Crippen LogP contribution >= 0.6 is 0 Å². The van der Waals surface area contributed by atoms with Crippen molar-refractivity contribution in [2.75, 3.05) is 7.11 Å². The van der Waals surface area contributed by atoms with Gasteiger partial charge in [0.25, 0.3) is 0 Å². The van der Waals surface area contributed by atoms with Crippen molar-refractivity contribution in [2.24, 2.45) is 23.7 Å². The summed E-state index contributed by atoms with van der Waals surface area (Å²) in [6.07, 6.45) is 6.26. The van der Waals surface area contributed by atoms with Crippen LogP contribution in [-0.4, -0.2) is 65.3 Å². The SMILES string of the molecule is CO[C@H]1C[C@H]2C=C[C@@H]3C[C@]2(O[C@H]3[C@H](OC(=O)c2ccc[nH]2)[C@H](C)[C@H](C)O)/C(C)=C/[C@@H](C)[C@H](C)OC1=O. The summed E-state index contributed by atoms with van der Waals surface area (Å²) in [6, 6.07) is 3.40. The molecule has 1 aromatic heterocycles. The van der Waals surface area contributed by atoms with Gasteiger partial charge in [-0.3, -0.25) is 0 Å². The Bertz CT molecular complexity index is 1000. The molecule has 1 spiro atoms. The molecule has 0 aromatic carbocycles. The molecule has 10 atom stereocenters. The number of fused-ring (bicyclic) bond motifs is 1. The lowest BCUT2D eigenvalue weighted by atomic mass is 9.69. The van der Waals surface area contributed by atoms with Gasteiger partial charge in [-0.25, -0.2) is 9.59 Å². The van der Waals surface area contributed by atoms with Gasteiger partial charge in [-0.15, -0.1) is 0 Å². The standard InChI is InChI=1S/C28H39NO7/c1-15-12-16(2)28-14-20(9-10-21(28)13-23(33-6)27(32)34-19(15)5)25(36-28)24(17(3)18(4)30)35-26(31)22-8-7-11-29-22/h7-12,15,17-21,23-25,29-30H,13-14H2,1-6H3/b16-12+/t15-,17-,18+,19+,20-,21-,23+,24-,25-,28+/m1/s1. The number of ether oxygens (including phenoxy) is 4. The van der Waals surface area contributed by atoms with E-state index in [1.54, 1.807) is 25.3 Å². The average Bonchev–Trinajstić information content (AvgIpc) is 3.48. The maximum atomic E-state index is 12.9. The third-order valence-corrected chi connectivity index (χ3v) is 8.40. The molecule has 198 valence electrons. The Balaban J connectivity index is 1.71. The molecule has 2 bridgehead atoms. The van der Waals surface area contributed by atoms with Gasteiger partial charge in [0, 0.05) is 37.0 Å². The lowest BCUT2D eigenvalue weighted by Gasteiger charge is -2.41. The van der Waals surface area contributed by atoms with Crippen LogP contribution in [0, 0.1) is 23.7 Å². The maximum Gasteiger partial charge on any atom is 0.355 e. The summed E-state index contributed by atoms with van der Waals surface area (Å²) in [6.45, 7) is 9.55. The number of hydrogen-bond acceptors (Lipinski definition) is 7. The zero-order chi connectivity index (χ0) is 26.2. The molecule has 0 radical (unpaired) electrons. The molecule has 0 saturated carbocycles. The van der Waals surface area contributed by atoms with Crippen LogP contribution in [0.5, 0.6) is 0 Å². The number of cyclic esters (lactones) is 1. The quantitative estimate of drug-likeness (QED) is 0.451. The molecule has 3 heterocycles. The Morgan fingerprint density at radius 2 is 2.03 bits per heavy atom. The molecular formula is C28H39NO7. The number of esters is 2. The van der Waals surface area contributed by atoms with Crippen LogP contribution in [0.4, 0.5) is 0 Å². The van der Waals surface area contributed by atoms with Crippen LogP contribution in [0.1, 0.15) is 57.9 Å². The molecule has 0 amide bonds. The number of H-pyrrole nitrogens is 1. The highest BCUT2D eigenvalue weighted by Crippen LogP contribution is 2.53. The highest BCUT2D eigenvalue weighted by atomic mass is 16.6. The van der Waals surface area contributed by atoms with Gasteiger partial charge in [0.1, 0.15) is 24.0 Å². The Hall–Kier alpha value is -2.42. The number of carbonyl (C=O) groups excluding carboxylic acids is 2. The Labute approximate surface area is 213 Å². The molecular weight excluding hydrogens is 462 g/mol. The second kappa shape index (κ2) is 10.5. The van der Waals surface area contributed by atoms with Gasteiger partial charge in [0.2, 0.25) is 0 Å². The number of carbonyl (C=O) groups is 2. The summed E-state index contributed by atoms with van der Waals surface area (Å²) in [5.74, 6) is -1.38. The summed E-state index contributed by atoms with van der Waals surface area (Å²) in [4.78, 5) is 28.7. The van der Waals surface area contributed by atoms with E-state index >= 15 is 0 Å². The second-order valence-corrected chi connectivity index (χ2v) is 10.7. The van der Waals surface area contributed by atoms with Gasteiger partial charge in [0.15, 0.2) is 6.10 Å². The molecule has 1 aliphatic carbocycles. The normalized spacial score (nSPS) is 38.2. The minimum absolute atomic E-state index is 0.0177. The number of rotatable bonds is 6. The number of aliphatic hydroxyl groups is 1. The van der Waals surface area contributed by atoms with E-state index in [1.807, 2.05) is 20.8 Å². The summed E-state index contributed by atoms with van der Waals surface area (Å²) in [5.41, 5.74) is 0.738. The molecule has 2 aliphatic heterocycles. The van der Waals surface area contributed by atoms with Crippen molar-refractivity contribution in [3.63, 3.8) is 0 Å². The molecule has 4 rings (SSSR count). The van der Waals surface area contributed by atoms with Crippen LogP contribution in [-0.2, 0) is 23.7 Å². The van der Waals surface area contributed by atoms with Crippen LogP contribution < -0.4 is 0 Å². The second-order valence-electron chi connectivity index (χ2n) is 10.7. The Kier molecular flexibility index (Phi) is 7.78. The summed E-state index contributed by atoms with van der Waals surface area (Å²) < 4.78 is 24.2.